The number of rotatable bonds is 3. The highest BCUT2D eigenvalue weighted by molar-refractivity contribution is 7.17. The highest BCUT2D eigenvalue weighted by Gasteiger charge is 2.22. The third kappa shape index (κ3) is 2.96. The number of nitrogens with zero attached hydrogens (tertiary/aromatic N) is 2. The van der Waals surface area contributed by atoms with E-state index in [0.717, 1.165) is 26.2 Å². The first-order chi connectivity index (χ1) is 8.20. The molecule has 0 radical (unpaired) electrons. The lowest BCUT2D eigenvalue weighted by atomic mass is 10.3. The third-order valence-corrected chi connectivity index (χ3v) is 3.82. The number of aliphatic hydroxyl groups excluding tert-OH is 1. The number of hydrogen-bond donors (Lipinski definition) is 2. The molecule has 0 bridgehead atoms. The molecule has 94 valence electrons. The van der Waals surface area contributed by atoms with E-state index in [-0.39, 0.29) is 12.5 Å². The van der Waals surface area contributed by atoms with Gasteiger partial charge in [0.25, 0.3) is 5.91 Å². The molecule has 0 atom stereocenters. The molecule has 0 aromatic carbocycles. The summed E-state index contributed by atoms with van der Waals surface area (Å²) in [7, 11) is 0. The molecule has 0 spiro atoms. The van der Waals surface area contributed by atoms with Crippen LogP contribution in [0.1, 0.15) is 9.67 Å². The lowest BCUT2D eigenvalue weighted by Crippen LogP contribution is -2.49. The van der Waals surface area contributed by atoms with Crippen LogP contribution in [0.3, 0.4) is 0 Å². The van der Waals surface area contributed by atoms with E-state index in [9.17, 15) is 4.79 Å². The van der Waals surface area contributed by atoms with Crippen molar-refractivity contribution in [2.45, 2.75) is 0 Å². The standard InChI is InChI=1S/C11H17N3O2S/c12-10-2-1-9(17-10)11(16)14-5-3-13(4-6-14)7-8-15/h1-2,15H,3-8,12H2. The van der Waals surface area contributed by atoms with Gasteiger partial charge in [0.2, 0.25) is 0 Å². The maximum atomic E-state index is 12.1. The summed E-state index contributed by atoms with van der Waals surface area (Å²) >= 11 is 1.33. The summed E-state index contributed by atoms with van der Waals surface area (Å²) in [6, 6.07) is 3.54. The maximum Gasteiger partial charge on any atom is 0.264 e. The summed E-state index contributed by atoms with van der Waals surface area (Å²) in [6.07, 6.45) is 0. The first-order valence-electron chi connectivity index (χ1n) is 5.68. The quantitative estimate of drug-likeness (QED) is 0.802. The lowest BCUT2D eigenvalue weighted by molar-refractivity contribution is 0.0619. The van der Waals surface area contributed by atoms with Crippen LogP contribution in [-0.4, -0.2) is 60.1 Å². The van der Waals surface area contributed by atoms with E-state index in [4.69, 9.17) is 10.8 Å². The van der Waals surface area contributed by atoms with Gasteiger partial charge in [-0.25, -0.2) is 0 Å². The van der Waals surface area contributed by atoms with Crippen LogP contribution in [0.15, 0.2) is 12.1 Å². The van der Waals surface area contributed by atoms with Gasteiger partial charge in [0, 0.05) is 32.7 Å². The summed E-state index contributed by atoms with van der Waals surface area (Å²) in [6.45, 7) is 3.96. The van der Waals surface area contributed by atoms with Crippen LogP contribution in [-0.2, 0) is 0 Å². The Kier molecular flexibility index (Phi) is 3.98. The van der Waals surface area contributed by atoms with Gasteiger partial charge in [0.1, 0.15) is 0 Å². The lowest BCUT2D eigenvalue weighted by Gasteiger charge is -2.34. The molecule has 0 saturated carbocycles. The van der Waals surface area contributed by atoms with Crippen LogP contribution in [0.25, 0.3) is 0 Å². The molecule has 1 aromatic rings. The molecule has 1 saturated heterocycles. The molecule has 1 aliphatic rings. The molecular weight excluding hydrogens is 238 g/mol. The minimum Gasteiger partial charge on any atom is -0.395 e. The zero-order valence-electron chi connectivity index (χ0n) is 9.63. The van der Waals surface area contributed by atoms with Crippen LogP contribution in [0.5, 0.6) is 0 Å². The predicted octanol–water partition coefficient (Wildman–Crippen LogP) is 0.0804. The maximum absolute atomic E-state index is 12.1. The summed E-state index contributed by atoms with van der Waals surface area (Å²) < 4.78 is 0. The fourth-order valence-electron chi connectivity index (χ4n) is 1.94. The average molecular weight is 255 g/mol. The minimum atomic E-state index is 0.0651. The molecule has 3 N–H and O–H groups in total. The average Bonchev–Trinajstić information content (AvgIpc) is 2.76. The number of nitrogen functional groups attached to an aromatic ring is 1. The molecule has 1 aromatic heterocycles. The van der Waals surface area contributed by atoms with Gasteiger partial charge < -0.3 is 15.7 Å². The van der Waals surface area contributed by atoms with Gasteiger partial charge in [-0.3, -0.25) is 9.69 Å². The van der Waals surface area contributed by atoms with Crippen LogP contribution in [0.2, 0.25) is 0 Å². The number of aliphatic hydroxyl groups is 1. The fraction of sp³-hybridized carbons (Fsp3) is 0.545. The molecule has 2 heterocycles. The fourth-order valence-corrected chi connectivity index (χ4v) is 2.68. The Hall–Kier alpha value is -1.11. The van der Waals surface area contributed by atoms with Crippen molar-refractivity contribution in [3.05, 3.63) is 17.0 Å². The van der Waals surface area contributed by atoms with Crippen molar-refractivity contribution in [2.75, 3.05) is 45.1 Å². The van der Waals surface area contributed by atoms with Crippen molar-refractivity contribution in [1.29, 1.82) is 0 Å². The van der Waals surface area contributed by atoms with Crippen LogP contribution < -0.4 is 5.73 Å². The minimum absolute atomic E-state index is 0.0651. The number of anilines is 1. The highest BCUT2D eigenvalue weighted by atomic mass is 32.1. The van der Waals surface area contributed by atoms with Gasteiger partial charge in [-0.1, -0.05) is 0 Å². The summed E-state index contributed by atoms with van der Waals surface area (Å²) in [5.74, 6) is 0.0651. The van der Waals surface area contributed by atoms with E-state index in [1.807, 2.05) is 4.90 Å². The van der Waals surface area contributed by atoms with Gasteiger partial charge in [0.05, 0.1) is 16.5 Å². The highest BCUT2D eigenvalue weighted by Crippen LogP contribution is 2.20. The van der Waals surface area contributed by atoms with Crippen molar-refractivity contribution < 1.29 is 9.90 Å². The van der Waals surface area contributed by atoms with Crippen LogP contribution in [0, 0.1) is 0 Å². The van der Waals surface area contributed by atoms with Gasteiger partial charge >= 0.3 is 0 Å². The first kappa shape index (κ1) is 12.3. The Labute approximate surface area is 104 Å². The predicted molar refractivity (Wildman–Crippen MR) is 68.2 cm³/mol. The Balaban J connectivity index is 1.90. The topological polar surface area (TPSA) is 69.8 Å². The SMILES string of the molecule is Nc1ccc(C(=O)N2CCN(CCO)CC2)s1. The van der Waals surface area contributed by atoms with Gasteiger partial charge in [-0.15, -0.1) is 11.3 Å². The second-order valence-electron chi connectivity index (χ2n) is 4.06. The molecule has 1 fully saturated rings. The number of thiophene rings is 1. The Bertz CT molecular complexity index is 386. The zero-order valence-corrected chi connectivity index (χ0v) is 10.4. The summed E-state index contributed by atoms with van der Waals surface area (Å²) in [5.41, 5.74) is 5.62. The number of piperazine rings is 1. The van der Waals surface area contributed by atoms with E-state index >= 15 is 0 Å². The molecule has 2 rings (SSSR count). The Morgan fingerprint density at radius 2 is 2.06 bits per heavy atom. The van der Waals surface area contributed by atoms with Crippen molar-refractivity contribution in [1.82, 2.24) is 9.80 Å². The second-order valence-corrected chi connectivity index (χ2v) is 5.17. The monoisotopic (exact) mass is 255 g/mol. The molecule has 0 aliphatic carbocycles. The normalized spacial score (nSPS) is 17.4. The molecule has 5 nitrogen and oxygen atoms in total. The van der Waals surface area contributed by atoms with E-state index in [1.165, 1.54) is 11.3 Å². The molecule has 0 unspecified atom stereocenters. The van der Waals surface area contributed by atoms with E-state index < -0.39 is 0 Å². The smallest absolute Gasteiger partial charge is 0.264 e. The molecule has 6 heteroatoms. The number of amides is 1. The summed E-state index contributed by atoms with van der Waals surface area (Å²) in [5, 5.41) is 9.51. The second kappa shape index (κ2) is 5.48. The van der Waals surface area contributed by atoms with Crippen molar-refractivity contribution in [2.24, 2.45) is 0 Å². The molecule has 17 heavy (non-hydrogen) atoms. The third-order valence-electron chi connectivity index (χ3n) is 2.91. The van der Waals surface area contributed by atoms with Crippen molar-refractivity contribution >= 4 is 22.2 Å². The number of nitrogens with two attached hydrogens (primary N) is 1. The van der Waals surface area contributed by atoms with Crippen LogP contribution in [0.4, 0.5) is 5.00 Å². The largest absolute Gasteiger partial charge is 0.395 e. The Morgan fingerprint density at radius 3 is 2.59 bits per heavy atom. The van der Waals surface area contributed by atoms with Crippen molar-refractivity contribution in [3.63, 3.8) is 0 Å². The van der Waals surface area contributed by atoms with Crippen molar-refractivity contribution in [3.8, 4) is 0 Å². The van der Waals surface area contributed by atoms with Gasteiger partial charge in [-0.05, 0) is 12.1 Å². The molecular formula is C11H17N3O2S. The first-order valence-corrected chi connectivity index (χ1v) is 6.50. The van der Waals surface area contributed by atoms with E-state index in [1.54, 1.807) is 12.1 Å². The molecule has 1 aliphatic heterocycles. The molecule has 1 amide bonds. The summed E-state index contributed by atoms with van der Waals surface area (Å²) in [4.78, 5) is 16.8. The number of carbonyl (C=O) groups excluding carboxylic acids is 1. The van der Waals surface area contributed by atoms with Gasteiger partial charge in [-0.2, -0.15) is 0 Å². The number of carbonyl (C=O) groups is 1. The Morgan fingerprint density at radius 1 is 1.35 bits per heavy atom. The van der Waals surface area contributed by atoms with E-state index in [0.29, 0.717) is 16.4 Å². The van der Waals surface area contributed by atoms with Crippen LogP contribution >= 0.6 is 11.3 Å². The van der Waals surface area contributed by atoms with Gasteiger partial charge in [0.15, 0.2) is 0 Å². The number of β-amino-alcohol motifs (C(OH)–C–C–N with tert-alkyl or cyclic N) is 1. The zero-order chi connectivity index (χ0) is 12.3. The number of hydrogen-bond acceptors (Lipinski definition) is 5. The van der Waals surface area contributed by atoms with E-state index in [2.05, 4.69) is 4.90 Å².